The summed E-state index contributed by atoms with van der Waals surface area (Å²) in [7, 11) is 3.27. The Morgan fingerprint density at radius 1 is 0.960 bits per heavy atom. The van der Waals surface area contributed by atoms with Gasteiger partial charge in [0, 0.05) is 24.1 Å². The maximum Gasteiger partial charge on any atom is 0.315 e. The largest absolute Gasteiger partial charge is 0.497 e. The molecule has 0 aliphatic carbocycles. The molecule has 134 valence electrons. The van der Waals surface area contributed by atoms with Gasteiger partial charge in [-0.05, 0) is 23.8 Å². The monoisotopic (exact) mass is 342 g/mol. The second kappa shape index (κ2) is 8.42. The summed E-state index contributed by atoms with van der Waals surface area (Å²) in [6, 6.07) is 15.3. The van der Waals surface area contributed by atoms with Gasteiger partial charge in [-0.3, -0.25) is 0 Å². The average molecular weight is 342 g/mol. The molecule has 25 heavy (non-hydrogen) atoms. The fourth-order valence-electron chi connectivity index (χ4n) is 2.53. The van der Waals surface area contributed by atoms with Crippen molar-refractivity contribution in [1.82, 2.24) is 10.6 Å². The summed E-state index contributed by atoms with van der Waals surface area (Å²) in [5, 5.41) is 5.80. The van der Waals surface area contributed by atoms with Crippen LogP contribution in [0.4, 0.5) is 4.79 Å². The van der Waals surface area contributed by atoms with Crippen LogP contribution in [0.5, 0.6) is 11.5 Å². The van der Waals surface area contributed by atoms with Crippen molar-refractivity contribution in [1.29, 1.82) is 0 Å². The van der Waals surface area contributed by atoms with Crippen LogP contribution in [0.1, 0.15) is 25.0 Å². The molecule has 0 saturated carbocycles. The van der Waals surface area contributed by atoms with Gasteiger partial charge in [0.2, 0.25) is 0 Å². The van der Waals surface area contributed by atoms with E-state index in [4.69, 9.17) is 9.47 Å². The fourth-order valence-corrected chi connectivity index (χ4v) is 2.53. The zero-order valence-corrected chi connectivity index (χ0v) is 15.3. The minimum absolute atomic E-state index is 0.186. The molecule has 0 heterocycles. The molecule has 5 nitrogen and oxygen atoms in total. The zero-order valence-electron chi connectivity index (χ0n) is 15.3. The van der Waals surface area contributed by atoms with Gasteiger partial charge in [0.15, 0.2) is 0 Å². The zero-order chi connectivity index (χ0) is 18.3. The smallest absolute Gasteiger partial charge is 0.315 e. The number of para-hydroxylation sites is 1. The van der Waals surface area contributed by atoms with Gasteiger partial charge in [-0.25, -0.2) is 4.79 Å². The minimum Gasteiger partial charge on any atom is -0.497 e. The quantitative estimate of drug-likeness (QED) is 0.810. The molecule has 0 saturated heterocycles. The Morgan fingerprint density at radius 2 is 1.64 bits per heavy atom. The topological polar surface area (TPSA) is 59.6 Å². The van der Waals surface area contributed by atoms with Gasteiger partial charge in [0.05, 0.1) is 14.2 Å². The standard InChI is InChI=1S/C20H26N2O3/c1-20(2,16-9-11-17(24-3)12-10-16)14-22-19(23)21-13-15-7-5-6-8-18(15)25-4/h5-12H,13-14H2,1-4H3,(H2,21,22,23). The molecule has 2 aromatic rings. The first-order chi connectivity index (χ1) is 12.0. The highest BCUT2D eigenvalue weighted by Crippen LogP contribution is 2.24. The number of hydrogen-bond donors (Lipinski definition) is 2. The lowest BCUT2D eigenvalue weighted by Gasteiger charge is -2.26. The summed E-state index contributed by atoms with van der Waals surface area (Å²) in [6.07, 6.45) is 0. The predicted octanol–water partition coefficient (Wildman–Crippen LogP) is 3.48. The number of rotatable bonds is 7. The van der Waals surface area contributed by atoms with E-state index in [1.54, 1.807) is 14.2 Å². The number of benzene rings is 2. The van der Waals surface area contributed by atoms with Crippen molar-refractivity contribution < 1.29 is 14.3 Å². The molecular weight excluding hydrogens is 316 g/mol. The van der Waals surface area contributed by atoms with Crippen LogP contribution in [-0.4, -0.2) is 26.8 Å². The highest BCUT2D eigenvalue weighted by Gasteiger charge is 2.21. The van der Waals surface area contributed by atoms with Crippen LogP contribution < -0.4 is 20.1 Å². The Morgan fingerprint density at radius 3 is 2.28 bits per heavy atom. The summed E-state index contributed by atoms with van der Waals surface area (Å²) in [5.74, 6) is 1.59. The van der Waals surface area contributed by atoms with Crippen molar-refractivity contribution in [3.63, 3.8) is 0 Å². The van der Waals surface area contributed by atoms with Crippen molar-refractivity contribution in [2.24, 2.45) is 0 Å². The molecular formula is C20H26N2O3. The number of ether oxygens (including phenoxy) is 2. The van der Waals surface area contributed by atoms with Gasteiger partial charge in [-0.1, -0.05) is 44.2 Å². The highest BCUT2D eigenvalue weighted by atomic mass is 16.5. The lowest BCUT2D eigenvalue weighted by atomic mass is 9.84. The molecule has 0 aliphatic rings. The van der Waals surface area contributed by atoms with Crippen LogP contribution in [0.2, 0.25) is 0 Å². The number of carbonyl (C=O) groups excluding carboxylic acids is 1. The lowest BCUT2D eigenvalue weighted by Crippen LogP contribution is -2.42. The van der Waals surface area contributed by atoms with Gasteiger partial charge in [0.1, 0.15) is 11.5 Å². The van der Waals surface area contributed by atoms with E-state index in [1.165, 1.54) is 0 Å². The van der Waals surface area contributed by atoms with Crippen LogP contribution >= 0.6 is 0 Å². The van der Waals surface area contributed by atoms with E-state index >= 15 is 0 Å². The number of carbonyl (C=O) groups is 1. The number of nitrogens with one attached hydrogen (secondary N) is 2. The molecule has 0 bridgehead atoms. The van der Waals surface area contributed by atoms with E-state index < -0.39 is 0 Å². The third-order valence-corrected chi connectivity index (χ3v) is 4.19. The fraction of sp³-hybridized carbons (Fsp3) is 0.350. The molecule has 2 N–H and O–H groups in total. The van der Waals surface area contributed by atoms with Crippen LogP contribution in [0.15, 0.2) is 48.5 Å². The molecule has 2 amide bonds. The number of methoxy groups -OCH3 is 2. The van der Waals surface area contributed by atoms with Crippen molar-refractivity contribution in [3.8, 4) is 11.5 Å². The van der Waals surface area contributed by atoms with Gasteiger partial charge >= 0.3 is 6.03 Å². The van der Waals surface area contributed by atoms with Gasteiger partial charge < -0.3 is 20.1 Å². The summed E-state index contributed by atoms with van der Waals surface area (Å²) < 4.78 is 10.5. The third kappa shape index (κ3) is 5.14. The average Bonchev–Trinajstić information content (AvgIpc) is 2.65. The number of hydrogen-bond acceptors (Lipinski definition) is 3. The second-order valence-corrected chi connectivity index (χ2v) is 6.46. The maximum absolute atomic E-state index is 12.1. The summed E-state index contributed by atoms with van der Waals surface area (Å²) in [5.41, 5.74) is 1.89. The highest BCUT2D eigenvalue weighted by molar-refractivity contribution is 5.74. The molecule has 0 fully saturated rings. The van der Waals surface area contributed by atoms with Crippen LogP contribution in [-0.2, 0) is 12.0 Å². The predicted molar refractivity (Wildman–Crippen MR) is 99.3 cm³/mol. The van der Waals surface area contributed by atoms with Crippen LogP contribution in [0, 0.1) is 0 Å². The minimum atomic E-state index is -0.201. The Labute approximate surface area is 149 Å². The molecule has 0 radical (unpaired) electrons. The van der Waals surface area contributed by atoms with Crippen molar-refractivity contribution in [2.75, 3.05) is 20.8 Å². The summed E-state index contributed by atoms with van der Waals surface area (Å²) in [6.45, 7) is 5.13. The second-order valence-electron chi connectivity index (χ2n) is 6.46. The molecule has 0 atom stereocenters. The van der Waals surface area contributed by atoms with Crippen molar-refractivity contribution in [3.05, 3.63) is 59.7 Å². The molecule has 5 heteroatoms. The Balaban J connectivity index is 1.87. The molecule has 0 aromatic heterocycles. The first-order valence-corrected chi connectivity index (χ1v) is 8.24. The molecule has 0 unspecified atom stereocenters. The molecule has 0 aliphatic heterocycles. The van der Waals surface area contributed by atoms with E-state index in [0.717, 1.165) is 22.6 Å². The number of amides is 2. The van der Waals surface area contributed by atoms with Crippen LogP contribution in [0.25, 0.3) is 0 Å². The Bertz CT molecular complexity index is 696. The van der Waals surface area contributed by atoms with E-state index in [1.807, 2.05) is 48.5 Å². The molecule has 2 aromatic carbocycles. The molecule has 2 rings (SSSR count). The third-order valence-electron chi connectivity index (χ3n) is 4.19. The lowest BCUT2D eigenvalue weighted by molar-refractivity contribution is 0.238. The van der Waals surface area contributed by atoms with Gasteiger partial charge in [-0.15, -0.1) is 0 Å². The summed E-state index contributed by atoms with van der Waals surface area (Å²) >= 11 is 0. The normalized spacial score (nSPS) is 10.9. The Kier molecular flexibility index (Phi) is 6.28. The van der Waals surface area contributed by atoms with Crippen molar-refractivity contribution in [2.45, 2.75) is 25.8 Å². The van der Waals surface area contributed by atoms with E-state index in [0.29, 0.717) is 13.1 Å². The van der Waals surface area contributed by atoms with E-state index in [9.17, 15) is 4.79 Å². The van der Waals surface area contributed by atoms with Gasteiger partial charge in [-0.2, -0.15) is 0 Å². The van der Waals surface area contributed by atoms with Crippen molar-refractivity contribution >= 4 is 6.03 Å². The van der Waals surface area contributed by atoms with Crippen LogP contribution in [0.3, 0.4) is 0 Å². The maximum atomic E-state index is 12.1. The molecule has 0 spiro atoms. The first-order valence-electron chi connectivity index (χ1n) is 8.24. The SMILES string of the molecule is COc1ccc(C(C)(C)CNC(=O)NCc2ccccc2OC)cc1. The number of urea groups is 1. The summed E-state index contributed by atoms with van der Waals surface area (Å²) in [4.78, 5) is 12.1. The van der Waals surface area contributed by atoms with E-state index in [-0.39, 0.29) is 11.4 Å². The van der Waals surface area contributed by atoms with E-state index in [2.05, 4.69) is 24.5 Å². The first kappa shape index (κ1) is 18.6. The van der Waals surface area contributed by atoms with Gasteiger partial charge in [0.25, 0.3) is 0 Å². The Hall–Kier alpha value is -2.69.